The largest absolute Gasteiger partial charge is 0.480 e. The summed E-state index contributed by atoms with van der Waals surface area (Å²) in [6.07, 6.45) is 0.251. The van der Waals surface area contributed by atoms with Crippen LogP contribution in [0.3, 0.4) is 0 Å². The number of carbonyl (C=O) groups is 4. The Morgan fingerprint density at radius 3 is 1.70 bits per heavy atom. The lowest BCUT2D eigenvalue weighted by atomic mass is 10.00. The highest BCUT2D eigenvalue weighted by molar-refractivity contribution is 5.94. The second kappa shape index (κ2) is 11.5. The number of nitrogens with two attached hydrogens (primary N) is 1. The number of aliphatic hydroxyl groups excluding tert-OH is 1. The molecule has 156 valence electrons. The predicted octanol–water partition coefficient (Wildman–Crippen LogP) is -1.43. The van der Waals surface area contributed by atoms with E-state index in [1.807, 2.05) is 13.8 Å². The lowest BCUT2D eigenvalue weighted by Crippen LogP contribution is -2.58. The van der Waals surface area contributed by atoms with Crippen LogP contribution in [0.5, 0.6) is 0 Å². The van der Waals surface area contributed by atoms with Crippen LogP contribution < -0.4 is 21.7 Å². The Morgan fingerprint density at radius 2 is 1.33 bits per heavy atom. The molecule has 3 amide bonds. The summed E-state index contributed by atoms with van der Waals surface area (Å²) in [6.45, 7) is 7.73. The Bertz CT molecular complexity index is 536. The van der Waals surface area contributed by atoms with Crippen molar-refractivity contribution in [2.24, 2.45) is 17.6 Å². The van der Waals surface area contributed by atoms with Gasteiger partial charge in [-0.25, -0.2) is 4.79 Å². The van der Waals surface area contributed by atoms with Crippen LogP contribution in [-0.4, -0.2) is 64.7 Å². The number of carboxylic acids is 1. The minimum absolute atomic E-state index is 0.0228. The molecule has 0 aliphatic carbocycles. The van der Waals surface area contributed by atoms with Gasteiger partial charge in [0, 0.05) is 0 Å². The van der Waals surface area contributed by atoms with Gasteiger partial charge in [-0.1, -0.05) is 27.7 Å². The number of aliphatic carboxylic acids is 1. The van der Waals surface area contributed by atoms with Crippen LogP contribution >= 0.6 is 0 Å². The first-order chi connectivity index (χ1) is 12.4. The zero-order valence-corrected chi connectivity index (χ0v) is 16.5. The van der Waals surface area contributed by atoms with Crippen LogP contribution in [-0.2, 0) is 19.2 Å². The monoisotopic (exact) mass is 388 g/mol. The fourth-order valence-corrected chi connectivity index (χ4v) is 2.24. The van der Waals surface area contributed by atoms with Crippen molar-refractivity contribution in [1.29, 1.82) is 0 Å². The number of rotatable bonds is 11. The summed E-state index contributed by atoms with van der Waals surface area (Å²) in [6, 6.07) is -4.26. The molecule has 0 aliphatic rings. The summed E-state index contributed by atoms with van der Waals surface area (Å²) >= 11 is 0. The molecule has 0 radical (unpaired) electrons. The highest BCUT2D eigenvalue weighted by Crippen LogP contribution is 2.08. The van der Waals surface area contributed by atoms with E-state index in [-0.39, 0.29) is 18.3 Å². The summed E-state index contributed by atoms with van der Waals surface area (Å²) in [5.74, 6) is -3.53. The number of aliphatic hydroxyl groups is 1. The second-order valence-corrected chi connectivity index (χ2v) is 7.29. The number of hydrogen-bond donors (Lipinski definition) is 6. The molecule has 27 heavy (non-hydrogen) atoms. The summed E-state index contributed by atoms with van der Waals surface area (Å²) in [5.41, 5.74) is 5.42. The Morgan fingerprint density at radius 1 is 0.852 bits per heavy atom. The van der Waals surface area contributed by atoms with Crippen molar-refractivity contribution in [1.82, 2.24) is 16.0 Å². The Kier molecular flexibility index (Phi) is 10.6. The third-order valence-corrected chi connectivity index (χ3v) is 3.80. The van der Waals surface area contributed by atoms with E-state index in [0.29, 0.717) is 0 Å². The number of nitrogens with one attached hydrogen (secondary N) is 3. The normalized spacial score (nSPS) is 15.6. The van der Waals surface area contributed by atoms with Gasteiger partial charge in [0.25, 0.3) is 0 Å². The minimum Gasteiger partial charge on any atom is -0.480 e. The van der Waals surface area contributed by atoms with Gasteiger partial charge in [-0.2, -0.15) is 0 Å². The van der Waals surface area contributed by atoms with E-state index >= 15 is 0 Å². The zero-order valence-electron chi connectivity index (χ0n) is 16.5. The predicted molar refractivity (Wildman–Crippen MR) is 98.5 cm³/mol. The summed E-state index contributed by atoms with van der Waals surface area (Å²) in [7, 11) is 0. The van der Waals surface area contributed by atoms with Crippen molar-refractivity contribution in [2.75, 3.05) is 6.61 Å². The maximum absolute atomic E-state index is 12.5. The van der Waals surface area contributed by atoms with Crippen molar-refractivity contribution in [3.05, 3.63) is 0 Å². The lowest BCUT2D eigenvalue weighted by molar-refractivity contribution is -0.143. The summed E-state index contributed by atoms with van der Waals surface area (Å²) < 4.78 is 0. The minimum atomic E-state index is -1.27. The third-order valence-electron chi connectivity index (χ3n) is 3.80. The van der Waals surface area contributed by atoms with Crippen LogP contribution in [0.4, 0.5) is 0 Å². The average molecular weight is 388 g/mol. The van der Waals surface area contributed by atoms with Crippen molar-refractivity contribution in [3.63, 3.8) is 0 Å². The molecular weight excluding hydrogens is 356 g/mol. The highest BCUT2D eigenvalue weighted by Gasteiger charge is 2.31. The Hall–Kier alpha value is -2.20. The van der Waals surface area contributed by atoms with Gasteiger partial charge in [0.2, 0.25) is 17.7 Å². The molecule has 0 aliphatic heterocycles. The number of amides is 3. The number of carbonyl (C=O) groups excluding carboxylic acids is 3. The van der Waals surface area contributed by atoms with E-state index in [2.05, 4.69) is 16.0 Å². The van der Waals surface area contributed by atoms with Crippen LogP contribution in [0.1, 0.15) is 41.0 Å². The fraction of sp³-hybridized carbons (Fsp3) is 0.765. The van der Waals surface area contributed by atoms with Gasteiger partial charge in [-0.15, -0.1) is 0 Å². The zero-order chi connectivity index (χ0) is 21.3. The van der Waals surface area contributed by atoms with Gasteiger partial charge in [-0.05, 0) is 25.2 Å². The molecule has 7 N–H and O–H groups in total. The van der Waals surface area contributed by atoms with Gasteiger partial charge >= 0.3 is 5.97 Å². The van der Waals surface area contributed by atoms with Crippen molar-refractivity contribution < 1.29 is 29.4 Å². The lowest BCUT2D eigenvalue weighted by Gasteiger charge is -2.26. The molecule has 0 saturated carbocycles. The molecule has 10 heteroatoms. The van der Waals surface area contributed by atoms with E-state index in [1.165, 1.54) is 6.92 Å². The Labute approximate surface area is 159 Å². The first kappa shape index (κ1) is 24.8. The van der Waals surface area contributed by atoms with Gasteiger partial charge in [0.15, 0.2) is 0 Å². The van der Waals surface area contributed by atoms with Crippen LogP contribution in [0.2, 0.25) is 0 Å². The molecule has 0 rings (SSSR count). The van der Waals surface area contributed by atoms with Gasteiger partial charge in [0.1, 0.15) is 18.1 Å². The van der Waals surface area contributed by atoms with Crippen LogP contribution in [0.15, 0.2) is 0 Å². The molecule has 4 unspecified atom stereocenters. The van der Waals surface area contributed by atoms with Crippen LogP contribution in [0.25, 0.3) is 0 Å². The van der Waals surface area contributed by atoms with E-state index in [9.17, 15) is 29.4 Å². The average Bonchev–Trinajstić information content (AvgIpc) is 2.54. The van der Waals surface area contributed by atoms with E-state index in [0.717, 1.165) is 0 Å². The maximum atomic E-state index is 12.5. The van der Waals surface area contributed by atoms with Gasteiger partial charge < -0.3 is 31.9 Å². The second-order valence-electron chi connectivity index (χ2n) is 7.29. The molecule has 0 aromatic carbocycles. The molecule has 10 nitrogen and oxygen atoms in total. The smallest absolute Gasteiger partial charge is 0.326 e. The molecule has 0 aromatic heterocycles. The molecule has 0 aromatic rings. The van der Waals surface area contributed by atoms with E-state index < -0.39 is 54.5 Å². The van der Waals surface area contributed by atoms with Gasteiger partial charge in [-0.3, -0.25) is 14.4 Å². The van der Waals surface area contributed by atoms with E-state index in [1.54, 1.807) is 13.8 Å². The van der Waals surface area contributed by atoms with Crippen molar-refractivity contribution in [3.8, 4) is 0 Å². The maximum Gasteiger partial charge on any atom is 0.326 e. The Balaban J connectivity index is 5.22. The third kappa shape index (κ3) is 8.83. The molecule has 0 heterocycles. The van der Waals surface area contributed by atoms with Gasteiger partial charge in [0.05, 0.1) is 12.6 Å². The number of carboxylic acid groups (broad SMARTS) is 1. The number of hydrogen-bond acceptors (Lipinski definition) is 6. The molecule has 0 bridgehead atoms. The molecule has 4 atom stereocenters. The fourth-order valence-electron chi connectivity index (χ4n) is 2.24. The quantitative estimate of drug-likeness (QED) is 0.252. The van der Waals surface area contributed by atoms with E-state index in [4.69, 9.17) is 5.73 Å². The molecule has 0 saturated heterocycles. The van der Waals surface area contributed by atoms with Crippen molar-refractivity contribution in [2.45, 2.75) is 65.2 Å². The molecule has 0 fully saturated rings. The molecule has 0 spiro atoms. The molecular formula is C17H32N4O6. The van der Waals surface area contributed by atoms with Crippen molar-refractivity contribution >= 4 is 23.7 Å². The summed E-state index contributed by atoms with van der Waals surface area (Å²) in [4.78, 5) is 47.8. The standard InChI is InChI=1S/C17H32N4O6/c1-8(2)6-11(15(24)21-13(9(3)4)17(26)27)19-16(25)12(7-22)20-14(23)10(5)18/h8-13,22H,6-7,18H2,1-5H3,(H,19,25)(H,20,23)(H,21,24)(H,26,27). The SMILES string of the molecule is CC(C)CC(NC(=O)C(CO)NC(=O)C(C)N)C(=O)NC(C(=O)O)C(C)C. The topological polar surface area (TPSA) is 171 Å². The summed E-state index contributed by atoms with van der Waals surface area (Å²) in [5, 5.41) is 25.8. The highest BCUT2D eigenvalue weighted by atomic mass is 16.4. The first-order valence-electron chi connectivity index (χ1n) is 8.91. The first-order valence-corrected chi connectivity index (χ1v) is 8.91. The van der Waals surface area contributed by atoms with Crippen LogP contribution in [0, 0.1) is 11.8 Å².